The van der Waals surface area contributed by atoms with Gasteiger partial charge in [-0.3, -0.25) is 0 Å². The minimum Gasteiger partial charge on any atom is -0.487 e. The number of hydrogen-bond acceptors (Lipinski definition) is 2. The zero-order valence-electron chi connectivity index (χ0n) is 15.4. The highest BCUT2D eigenvalue weighted by Gasteiger charge is 2.42. The lowest BCUT2D eigenvalue weighted by atomic mass is 9.85. The number of nitrogens with one attached hydrogen (secondary N) is 1. The summed E-state index contributed by atoms with van der Waals surface area (Å²) in [7, 11) is 0. The molecule has 1 aliphatic carbocycles. The van der Waals surface area contributed by atoms with Crippen molar-refractivity contribution in [2.24, 2.45) is 0 Å². The Labute approximate surface area is 165 Å². The molecule has 1 N–H and O–H groups in total. The minimum absolute atomic E-state index is 0.00273. The molecular weight excluding hydrogens is 354 g/mol. The minimum atomic E-state index is -0.00273. The van der Waals surface area contributed by atoms with Crippen LogP contribution in [0.2, 0.25) is 5.02 Å². The van der Waals surface area contributed by atoms with Crippen LogP contribution in [-0.4, -0.2) is 5.60 Å². The molecule has 27 heavy (non-hydrogen) atoms. The van der Waals surface area contributed by atoms with E-state index in [-0.39, 0.29) is 11.6 Å². The summed E-state index contributed by atoms with van der Waals surface area (Å²) in [5, 5.41) is 7.21. The van der Waals surface area contributed by atoms with Crippen LogP contribution in [0.1, 0.15) is 49.3 Å². The standard InChI is InChI=1S/C24H24ClNO/c25-19-10-11-23-21(14-19)22(15-24(27-23)12-3-4-13-24)26-16-18-8-5-7-17-6-1-2-9-20(17)18/h1-2,5-11,14,22,26H,3-4,12-13,15-16H2. The van der Waals surface area contributed by atoms with Gasteiger partial charge in [-0.05, 0) is 60.2 Å². The summed E-state index contributed by atoms with van der Waals surface area (Å²) in [6.45, 7) is 0.841. The molecule has 3 aromatic carbocycles. The van der Waals surface area contributed by atoms with Gasteiger partial charge in [-0.2, -0.15) is 0 Å². The summed E-state index contributed by atoms with van der Waals surface area (Å²) in [6, 6.07) is 21.5. The first kappa shape index (κ1) is 17.1. The van der Waals surface area contributed by atoms with Crippen molar-refractivity contribution in [3.05, 3.63) is 76.8 Å². The van der Waals surface area contributed by atoms with Crippen molar-refractivity contribution in [1.82, 2.24) is 5.32 Å². The molecule has 1 aliphatic heterocycles. The molecule has 3 aromatic rings. The quantitative estimate of drug-likeness (QED) is 0.568. The number of fused-ring (bicyclic) bond motifs is 2. The fraction of sp³-hybridized carbons (Fsp3) is 0.333. The Hall–Kier alpha value is -2.03. The van der Waals surface area contributed by atoms with Crippen LogP contribution in [-0.2, 0) is 6.54 Å². The van der Waals surface area contributed by atoms with Gasteiger partial charge in [-0.15, -0.1) is 0 Å². The first-order valence-electron chi connectivity index (χ1n) is 9.91. The molecule has 0 saturated heterocycles. The van der Waals surface area contributed by atoms with E-state index in [0.29, 0.717) is 0 Å². The maximum Gasteiger partial charge on any atom is 0.125 e. The zero-order chi connectivity index (χ0) is 18.3. The highest BCUT2D eigenvalue weighted by Crippen LogP contribution is 2.47. The third kappa shape index (κ3) is 3.22. The summed E-state index contributed by atoms with van der Waals surface area (Å²) in [4.78, 5) is 0. The molecule has 1 heterocycles. The highest BCUT2D eigenvalue weighted by atomic mass is 35.5. The summed E-state index contributed by atoms with van der Waals surface area (Å²) >= 11 is 6.31. The second-order valence-corrected chi connectivity index (χ2v) is 8.39. The molecule has 1 spiro atoms. The van der Waals surface area contributed by atoms with Gasteiger partial charge in [0.1, 0.15) is 11.4 Å². The molecule has 2 nitrogen and oxygen atoms in total. The Kier molecular flexibility index (Phi) is 4.34. The topological polar surface area (TPSA) is 21.3 Å². The van der Waals surface area contributed by atoms with Crippen molar-refractivity contribution in [3.63, 3.8) is 0 Å². The maximum atomic E-state index is 6.49. The summed E-state index contributed by atoms with van der Waals surface area (Å²) < 4.78 is 6.49. The highest BCUT2D eigenvalue weighted by molar-refractivity contribution is 6.30. The third-order valence-corrected chi connectivity index (χ3v) is 6.42. The lowest BCUT2D eigenvalue weighted by Crippen LogP contribution is -2.42. The third-order valence-electron chi connectivity index (χ3n) is 6.18. The molecule has 0 bridgehead atoms. The molecule has 5 rings (SSSR count). The Morgan fingerprint density at radius 3 is 2.70 bits per heavy atom. The summed E-state index contributed by atoms with van der Waals surface area (Å²) in [5.74, 6) is 1.00. The Balaban J connectivity index is 1.45. The van der Waals surface area contributed by atoms with E-state index in [2.05, 4.69) is 53.8 Å². The van der Waals surface area contributed by atoms with Gasteiger partial charge in [0.25, 0.3) is 0 Å². The number of ether oxygens (including phenoxy) is 1. The monoisotopic (exact) mass is 377 g/mol. The lowest BCUT2D eigenvalue weighted by Gasteiger charge is -2.40. The Morgan fingerprint density at radius 1 is 1.00 bits per heavy atom. The van der Waals surface area contributed by atoms with Gasteiger partial charge < -0.3 is 10.1 Å². The van der Waals surface area contributed by atoms with Crippen LogP contribution in [0.25, 0.3) is 10.8 Å². The number of halogens is 1. The van der Waals surface area contributed by atoms with Gasteiger partial charge in [-0.25, -0.2) is 0 Å². The average molecular weight is 378 g/mol. The van der Waals surface area contributed by atoms with Gasteiger partial charge in [0.15, 0.2) is 0 Å². The van der Waals surface area contributed by atoms with Crippen LogP contribution in [0.4, 0.5) is 0 Å². The van der Waals surface area contributed by atoms with E-state index in [1.165, 1.54) is 34.7 Å². The van der Waals surface area contributed by atoms with Crippen LogP contribution < -0.4 is 10.1 Å². The van der Waals surface area contributed by atoms with Crippen molar-refractivity contribution in [3.8, 4) is 5.75 Å². The van der Waals surface area contributed by atoms with Gasteiger partial charge in [0.05, 0.1) is 0 Å². The molecule has 1 saturated carbocycles. The largest absolute Gasteiger partial charge is 0.487 e. The van der Waals surface area contributed by atoms with E-state index < -0.39 is 0 Å². The molecular formula is C24H24ClNO. The molecule has 138 valence electrons. The molecule has 3 heteroatoms. The van der Waals surface area contributed by atoms with Gasteiger partial charge in [0, 0.05) is 29.6 Å². The van der Waals surface area contributed by atoms with E-state index in [1.54, 1.807) is 0 Å². The van der Waals surface area contributed by atoms with Crippen LogP contribution in [0, 0.1) is 0 Å². The normalized spacial score (nSPS) is 20.6. The second kappa shape index (κ2) is 6.85. The van der Waals surface area contributed by atoms with E-state index in [9.17, 15) is 0 Å². The maximum absolute atomic E-state index is 6.49. The van der Waals surface area contributed by atoms with Crippen LogP contribution in [0.5, 0.6) is 5.75 Å². The molecule has 1 unspecified atom stereocenters. The lowest BCUT2D eigenvalue weighted by molar-refractivity contribution is 0.0365. The predicted molar refractivity (Wildman–Crippen MR) is 111 cm³/mol. The van der Waals surface area contributed by atoms with Crippen LogP contribution in [0.15, 0.2) is 60.7 Å². The van der Waals surface area contributed by atoms with Crippen molar-refractivity contribution in [2.75, 3.05) is 0 Å². The fourth-order valence-corrected chi connectivity index (χ4v) is 5.01. The molecule has 2 aliphatic rings. The van der Waals surface area contributed by atoms with Crippen molar-refractivity contribution >= 4 is 22.4 Å². The zero-order valence-corrected chi connectivity index (χ0v) is 16.1. The number of hydrogen-bond donors (Lipinski definition) is 1. The first-order chi connectivity index (χ1) is 13.2. The van der Waals surface area contributed by atoms with Crippen LogP contribution >= 0.6 is 11.6 Å². The fourth-order valence-electron chi connectivity index (χ4n) is 4.83. The Bertz CT molecular complexity index is 972. The van der Waals surface area contributed by atoms with E-state index in [0.717, 1.165) is 36.6 Å². The molecule has 0 radical (unpaired) electrons. The molecule has 0 amide bonds. The number of rotatable bonds is 3. The second-order valence-electron chi connectivity index (χ2n) is 7.95. The molecule has 1 fully saturated rings. The van der Waals surface area contributed by atoms with Crippen molar-refractivity contribution in [1.29, 1.82) is 0 Å². The summed E-state index contributed by atoms with van der Waals surface area (Å²) in [5.41, 5.74) is 2.53. The van der Waals surface area contributed by atoms with E-state index in [4.69, 9.17) is 16.3 Å². The van der Waals surface area contributed by atoms with Crippen molar-refractivity contribution < 1.29 is 4.74 Å². The Morgan fingerprint density at radius 2 is 1.81 bits per heavy atom. The number of benzene rings is 3. The molecule has 1 atom stereocenters. The van der Waals surface area contributed by atoms with E-state index in [1.807, 2.05) is 12.1 Å². The first-order valence-corrected chi connectivity index (χ1v) is 10.3. The van der Waals surface area contributed by atoms with Gasteiger partial charge in [-0.1, -0.05) is 54.1 Å². The summed E-state index contributed by atoms with van der Waals surface area (Å²) in [6.07, 6.45) is 5.85. The molecule has 0 aromatic heterocycles. The van der Waals surface area contributed by atoms with Gasteiger partial charge in [0.2, 0.25) is 0 Å². The van der Waals surface area contributed by atoms with E-state index >= 15 is 0 Å². The van der Waals surface area contributed by atoms with Crippen molar-refractivity contribution in [2.45, 2.75) is 50.3 Å². The average Bonchev–Trinajstić information content (AvgIpc) is 3.14. The smallest absolute Gasteiger partial charge is 0.125 e. The SMILES string of the molecule is Clc1ccc2c(c1)C(NCc1cccc3ccccc13)CC1(CCCC1)O2. The van der Waals surface area contributed by atoms with Gasteiger partial charge >= 0.3 is 0 Å². The van der Waals surface area contributed by atoms with Crippen LogP contribution in [0.3, 0.4) is 0 Å². The predicted octanol–water partition coefficient (Wildman–Crippen LogP) is 6.42.